The summed E-state index contributed by atoms with van der Waals surface area (Å²) in [5.74, 6) is 1.97. The van der Waals surface area contributed by atoms with Gasteiger partial charge in [0.15, 0.2) is 5.11 Å². The smallest absolute Gasteiger partial charge is 0.253 e. The van der Waals surface area contributed by atoms with E-state index in [1.54, 1.807) is 31.1 Å². The second-order valence-corrected chi connectivity index (χ2v) is 7.71. The van der Waals surface area contributed by atoms with Crippen LogP contribution in [0.1, 0.15) is 21.5 Å². The van der Waals surface area contributed by atoms with Crippen LogP contribution in [0.3, 0.4) is 0 Å². The van der Waals surface area contributed by atoms with Crippen LogP contribution in [0.15, 0.2) is 48.5 Å². The van der Waals surface area contributed by atoms with Crippen molar-refractivity contribution >= 4 is 40.7 Å². The molecule has 0 aliphatic carbocycles. The summed E-state index contributed by atoms with van der Waals surface area (Å²) in [6.07, 6.45) is 0. The average molecular weight is 388 g/mol. The van der Waals surface area contributed by atoms with E-state index >= 15 is 0 Å². The second-order valence-electron chi connectivity index (χ2n) is 6.20. The lowest BCUT2D eigenvalue weighted by Gasteiger charge is -2.12. The van der Waals surface area contributed by atoms with Crippen LogP contribution in [-0.2, 0) is 5.75 Å². The molecule has 0 heterocycles. The lowest BCUT2D eigenvalue weighted by Crippen LogP contribution is -2.30. The summed E-state index contributed by atoms with van der Waals surface area (Å²) in [6, 6.07) is 15.9. The molecular weight excluding hydrogens is 362 g/mol. The normalized spacial score (nSPS) is 10.3. The van der Waals surface area contributed by atoms with Crippen LogP contribution in [0.2, 0.25) is 0 Å². The standard InChI is InChI=1S/C20H25N3OS2/c1-15-5-4-6-16(13-15)14-26-12-11-21-20(25)22-18-9-7-17(8-10-18)19(24)23(2)3/h4-10,13H,11-12,14H2,1-3H3,(H2,21,22,25). The molecule has 6 heteroatoms. The summed E-state index contributed by atoms with van der Waals surface area (Å²) in [4.78, 5) is 13.4. The fourth-order valence-corrected chi connectivity index (χ4v) is 3.38. The van der Waals surface area contributed by atoms with Gasteiger partial charge in [0.2, 0.25) is 0 Å². The zero-order valence-corrected chi connectivity index (χ0v) is 17.0. The first-order valence-electron chi connectivity index (χ1n) is 8.45. The number of thiocarbonyl (C=S) groups is 1. The third kappa shape index (κ3) is 6.69. The van der Waals surface area contributed by atoms with Gasteiger partial charge in [0.05, 0.1) is 0 Å². The molecule has 2 N–H and O–H groups in total. The Kier molecular flexibility index (Phi) is 7.94. The number of nitrogens with one attached hydrogen (secondary N) is 2. The van der Waals surface area contributed by atoms with E-state index in [-0.39, 0.29) is 5.91 Å². The lowest BCUT2D eigenvalue weighted by molar-refractivity contribution is 0.0827. The third-order valence-electron chi connectivity index (χ3n) is 3.68. The molecule has 1 amide bonds. The predicted molar refractivity (Wildman–Crippen MR) is 116 cm³/mol. The number of carbonyl (C=O) groups excluding carboxylic acids is 1. The number of carbonyl (C=O) groups is 1. The maximum absolute atomic E-state index is 11.9. The first-order chi connectivity index (χ1) is 12.5. The molecule has 0 radical (unpaired) electrons. The number of hydrogen-bond acceptors (Lipinski definition) is 3. The summed E-state index contributed by atoms with van der Waals surface area (Å²) in [7, 11) is 3.48. The molecular formula is C20H25N3OS2. The van der Waals surface area contributed by atoms with Crippen LogP contribution in [0.5, 0.6) is 0 Å². The minimum absolute atomic E-state index is 0.0112. The fraction of sp³-hybridized carbons (Fsp3) is 0.300. The highest BCUT2D eigenvalue weighted by molar-refractivity contribution is 7.98. The Morgan fingerprint density at radius 3 is 2.54 bits per heavy atom. The van der Waals surface area contributed by atoms with Gasteiger partial charge in [-0.15, -0.1) is 0 Å². The lowest BCUT2D eigenvalue weighted by atomic mass is 10.2. The van der Waals surface area contributed by atoms with Crippen molar-refractivity contribution in [2.24, 2.45) is 0 Å². The van der Waals surface area contributed by atoms with Crippen molar-refractivity contribution in [2.75, 3.05) is 31.7 Å². The molecule has 0 saturated heterocycles. The van der Waals surface area contributed by atoms with E-state index in [9.17, 15) is 4.79 Å². The van der Waals surface area contributed by atoms with Crippen molar-refractivity contribution < 1.29 is 4.79 Å². The second kappa shape index (κ2) is 10.2. The number of rotatable bonds is 7. The van der Waals surface area contributed by atoms with Crippen molar-refractivity contribution in [1.82, 2.24) is 10.2 Å². The van der Waals surface area contributed by atoms with E-state index in [0.717, 1.165) is 23.7 Å². The van der Waals surface area contributed by atoms with Crippen LogP contribution in [0.25, 0.3) is 0 Å². The highest BCUT2D eigenvalue weighted by Crippen LogP contribution is 2.13. The van der Waals surface area contributed by atoms with Crippen LogP contribution in [0.4, 0.5) is 5.69 Å². The van der Waals surface area contributed by atoms with Gasteiger partial charge >= 0.3 is 0 Å². The molecule has 138 valence electrons. The zero-order chi connectivity index (χ0) is 18.9. The monoisotopic (exact) mass is 387 g/mol. The Balaban J connectivity index is 1.68. The summed E-state index contributed by atoms with van der Waals surface area (Å²) >= 11 is 7.19. The highest BCUT2D eigenvalue weighted by atomic mass is 32.2. The van der Waals surface area contributed by atoms with Crippen LogP contribution < -0.4 is 10.6 Å². The van der Waals surface area contributed by atoms with Crippen LogP contribution >= 0.6 is 24.0 Å². The van der Waals surface area contributed by atoms with Crippen molar-refractivity contribution in [1.29, 1.82) is 0 Å². The number of amides is 1. The number of nitrogens with zero attached hydrogens (tertiary/aromatic N) is 1. The number of hydrogen-bond donors (Lipinski definition) is 2. The van der Waals surface area contributed by atoms with Gasteiger partial charge in [0.25, 0.3) is 5.91 Å². The van der Waals surface area contributed by atoms with Gasteiger partial charge in [-0.25, -0.2) is 0 Å². The largest absolute Gasteiger partial charge is 0.362 e. The Hall–Kier alpha value is -2.05. The third-order valence-corrected chi connectivity index (χ3v) is 4.96. The van der Waals surface area contributed by atoms with Gasteiger partial charge in [-0.2, -0.15) is 11.8 Å². The number of anilines is 1. The highest BCUT2D eigenvalue weighted by Gasteiger charge is 2.07. The van der Waals surface area contributed by atoms with Gasteiger partial charge < -0.3 is 15.5 Å². The number of aryl methyl sites for hydroxylation is 1. The summed E-state index contributed by atoms with van der Waals surface area (Å²) < 4.78 is 0. The van der Waals surface area contributed by atoms with E-state index in [0.29, 0.717) is 10.7 Å². The molecule has 2 aromatic rings. The minimum atomic E-state index is -0.0112. The Bertz CT molecular complexity index is 745. The van der Waals surface area contributed by atoms with Crippen LogP contribution in [-0.4, -0.2) is 42.3 Å². The van der Waals surface area contributed by atoms with Crippen molar-refractivity contribution in [3.05, 3.63) is 65.2 Å². The predicted octanol–water partition coefficient (Wildman–Crippen LogP) is 3.92. The maximum atomic E-state index is 11.9. The molecule has 0 saturated carbocycles. The van der Waals surface area contributed by atoms with E-state index in [2.05, 4.69) is 41.8 Å². The van der Waals surface area contributed by atoms with Gasteiger partial charge in [-0.05, 0) is 49.0 Å². The molecule has 0 unspecified atom stereocenters. The molecule has 4 nitrogen and oxygen atoms in total. The summed E-state index contributed by atoms with van der Waals surface area (Å²) in [5.41, 5.74) is 4.17. The Morgan fingerprint density at radius 2 is 1.88 bits per heavy atom. The van der Waals surface area contributed by atoms with E-state index in [4.69, 9.17) is 12.2 Å². The molecule has 2 aromatic carbocycles. The van der Waals surface area contributed by atoms with Crippen molar-refractivity contribution in [2.45, 2.75) is 12.7 Å². The zero-order valence-electron chi connectivity index (χ0n) is 15.4. The number of benzene rings is 2. The first kappa shape index (κ1) is 20.3. The van der Waals surface area contributed by atoms with Gasteiger partial charge in [-0.1, -0.05) is 29.8 Å². The van der Waals surface area contributed by atoms with Gasteiger partial charge in [-0.3, -0.25) is 4.79 Å². The molecule has 0 atom stereocenters. The van der Waals surface area contributed by atoms with E-state index in [1.165, 1.54) is 11.1 Å². The minimum Gasteiger partial charge on any atom is -0.362 e. The average Bonchev–Trinajstić information content (AvgIpc) is 2.61. The molecule has 0 fully saturated rings. The number of thioether (sulfide) groups is 1. The summed E-state index contributed by atoms with van der Waals surface area (Å²) in [5, 5.41) is 6.94. The van der Waals surface area contributed by atoms with Crippen molar-refractivity contribution in [3.8, 4) is 0 Å². The molecule has 26 heavy (non-hydrogen) atoms. The molecule has 0 aromatic heterocycles. The molecule has 0 aliphatic heterocycles. The quantitative estimate of drug-likeness (QED) is 0.557. The van der Waals surface area contributed by atoms with Crippen LogP contribution in [0, 0.1) is 6.92 Å². The molecule has 0 aliphatic rings. The molecule has 0 spiro atoms. The van der Waals surface area contributed by atoms with Gasteiger partial charge in [0.1, 0.15) is 0 Å². The van der Waals surface area contributed by atoms with Crippen molar-refractivity contribution in [3.63, 3.8) is 0 Å². The Labute approximate surface area is 165 Å². The van der Waals surface area contributed by atoms with E-state index in [1.807, 2.05) is 23.9 Å². The summed E-state index contributed by atoms with van der Waals surface area (Å²) in [6.45, 7) is 2.92. The molecule has 0 bridgehead atoms. The SMILES string of the molecule is Cc1cccc(CSCCNC(=S)Nc2ccc(C(=O)N(C)C)cc2)c1. The molecule has 2 rings (SSSR count). The van der Waals surface area contributed by atoms with E-state index < -0.39 is 0 Å². The van der Waals surface area contributed by atoms with Gasteiger partial charge in [0, 0.05) is 43.4 Å². The fourth-order valence-electron chi connectivity index (χ4n) is 2.36. The first-order valence-corrected chi connectivity index (χ1v) is 10.0. The topological polar surface area (TPSA) is 44.4 Å². The maximum Gasteiger partial charge on any atom is 0.253 e. The Morgan fingerprint density at radius 1 is 1.15 bits per heavy atom.